The number of hydrogen-bond donors (Lipinski definition) is 1. The summed E-state index contributed by atoms with van der Waals surface area (Å²) < 4.78 is 56.0. The lowest BCUT2D eigenvalue weighted by Gasteiger charge is -2.11. The average molecular weight is 285 g/mol. The predicted molar refractivity (Wildman–Crippen MR) is 65.8 cm³/mol. The number of nitrogens with two attached hydrogens (primary N) is 1. The zero-order valence-electron chi connectivity index (χ0n) is 10.2. The molecule has 2 aromatic carbocycles. The Hall–Kier alpha value is -2.08. The van der Waals surface area contributed by atoms with Gasteiger partial charge in [-0.2, -0.15) is 13.2 Å². The predicted octanol–water partition coefficient (Wildman–Crippen LogP) is 4.10. The number of halogens is 4. The van der Waals surface area contributed by atoms with E-state index in [1.54, 1.807) is 24.3 Å². The lowest BCUT2D eigenvalue weighted by molar-refractivity contribution is -0.140. The van der Waals surface area contributed by atoms with Gasteiger partial charge >= 0.3 is 6.18 Å². The molecular formula is C14H11F4NO. The van der Waals surface area contributed by atoms with Crippen LogP contribution in [0.3, 0.4) is 0 Å². The van der Waals surface area contributed by atoms with Gasteiger partial charge < -0.3 is 10.5 Å². The number of alkyl halides is 3. The second-order valence-electron chi connectivity index (χ2n) is 4.09. The summed E-state index contributed by atoms with van der Waals surface area (Å²) in [6.45, 7) is 0.356. The Balaban J connectivity index is 2.25. The molecule has 0 saturated heterocycles. The first kappa shape index (κ1) is 14.3. The van der Waals surface area contributed by atoms with Gasteiger partial charge in [0.15, 0.2) is 0 Å². The monoisotopic (exact) mass is 285 g/mol. The number of hydrogen-bond acceptors (Lipinski definition) is 2. The molecule has 2 aromatic rings. The molecule has 0 heterocycles. The largest absolute Gasteiger partial charge is 0.457 e. The van der Waals surface area contributed by atoms with Gasteiger partial charge in [-0.15, -0.1) is 0 Å². The Labute approximate surface area is 112 Å². The van der Waals surface area contributed by atoms with Crippen molar-refractivity contribution in [2.45, 2.75) is 12.7 Å². The third kappa shape index (κ3) is 3.27. The molecule has 0 fully saturated rings. The highest BCUT2D eigenvalue weighted by molar-refractivity contribution is 5.36. The van der Waals surface area contributed by atoms with E-state index in [0.29, 0.717) is 18.4 Å². The molecule has 0 saturated carbocycles. The van der Waals surface area contributed by atoms with E-state index in [4.69, 9.17) is 10.5 Å². The second kappa shape index (κ2) is 5.50. The van der Waals surface area contributed by atoms with Gasteiger partial charge in [0.05, 0.1) is 5.56 Å². The summed E-state index contributed by atoms with van der Waals surface area (Å²) in [7, 11) is 0. The summed E-state index contributed by atoms with van der Waals surface area (Å²) in [6.07, 6.45) is -4.76. The topological polar surface area (TPSA) is 35.2 Å². The van der Waals surface area contributed by atoms with Crippen LogP contribution in [0.1, 0.15) is 11.1 Å². The molecule has 0 amide bonds. The van der Waals surface area contributed by atoms with Crippen molar-refractivity contribution in [3.63, 3.8) is 0 Å². The van der Waals surface area contributed by atoms with Crippen molar-refractivity contribution in [2.24, 2.45) is 5.73 Å². The first-order chi connectivity index (χ1) is 9.40. The van der Waals surface area contributed by atoms with Crippen LogP contribution in [0.25, 0.3) is 0 Å². The number of benzene rings is 2. The Morgan fingerprint density at radius 1 is 0.950 bits per heavy atom. The second-order valence-corrected chi connectivity index (χ2v) is 4.09. The van der Waals surface area contributed by atoms with Crippen LogP contribution >= 0.6 is 0 Å². The zero-order chi connectivity index (χ0) is 14.8. The maximum Gasteiger partial charge on any atom is 0.419 e. The molecule has 0 spiro atoms. The van der Waals surface area contributed by atoms with E-state index in [2.05, 4.69) is 0 Å². The van der Waals surface area contributed by atoms with Gasteiger partial charge in [-0.1, -0.05) is 12.1 Å². The van der Waals surface area contributed by atoms with Gasteiger partial charge in [-0.3, -0.25) is 0 Å². The van der Waals surface area contributed by atoms with Crippen LogP contribution in [0.2, 0.25) is 0 Å². The molecule has 106 valence electrons. The fraction of sp³-hybridized carbons (Fsp3) is 0.143. The minimum absolute atomic E-state index is 0.0841. The van der Waals surface area contributed by atoms with Crippen molar-refractivity contribution in [1.82, 2.24) is 0 Å². The SMILES string of the molecule is NCc1ccc(Oc2ccc(F)c(C(F)(F)F)c2)cc1. The lowest BCUT2D eigenvalue weighted by Crippen LogP contribution is -2.08. The molecule has 0 aliphatic rings. The fourth-order valence-corrected chi connectivity index (χ4v) is 1.61. The number of rotatable bonds is 3. The minimum atomic E-state index is -4.76. The van der Waals surface area contributed by atoms with Crippen LogP contribution in [0.5, 0.6) is 11.5 Å². The molecule has 0 aromatic heterocycles. The molecule has 20 heavy (non-hydrogen) atoms. The third-order valence-electron chi connectivity index (χ3n) is 2.64. The summed E-state index contributed by atoms with van der Waals surface area (Å²) in [5.41, 5.74) is 4.94. The maximum atomic E-state index is 13.1. The van der Waals surface area contributed by atoms with Gasteiger partial charge in [0.1, 0.15) is 17.3 Å². The van der Waals surface area contributed by atoms with E-state index in [0.717, 1.165) is 17.7 Å². The van der Waals surface area contributed by atoms with E-state index in [1.165, 1.54) is 0 Å². The summed E-state index contributed by atoms with van der Waals surface area (Å²) in [6, 6.07) is 9.06. The molecule has 2 nitrogen and oxygen atoms in total. The molecule has 0 aliphatic heterocycles. The minimum Gasteiger partial charge on any atom is -0.457 e. The Kier molecular flexibility index (Phi) is 3.94. The standard InChI is InChI=1S/C14H11F4NO/c15-13-6-5-11(7-12(13)14(16,17)18)20-10-3-1-9(8-19)2-4-10/h1-7H,8,19H2. The van der Waals surface area contributed by atoms with Gasteiger partial charge in [0.2, 0.25) is 0 Å². The van der Waals surface area contributed by atoms with Crippen molar-refractivity contribution in [2.75, 3.05) is 0 Å². The highest BCUT2D eigenvalue weighted by atomic mass is 19.4. The first-order valence-electron chi connectivity index (χ1n) is 5.74. The van der Waals surface area contributed by atoms with Crippen LogP contribution in [0.15, 0.2) is 42.5 Å². The average Bonchev–Trinajstić information content (AvgIpc) is 2.40. The summed E-state index contributed by atoms with van der Waals surface area (Å²) in [5, 5.41) is 0. The molecule has 0 radical (unpaired) electrons. The van der Waals surface area contributed by atoms with E-state index >= 15 is 0 Å². The van der Waals surface area contributed by atoms with E-state index in [9.17, 15) is 17.6 Å². The van der Waals surface area contributed by atoms with Crippen molar-refractivity contribution >= 4 is 0 Å². The summed E-state index contributed by atoms with van der Waals surface area (Å²) in [4.78, 5) is 0. The van der Waals surface area contributed by atoms with Crippen molar-refractivity contribution in [3.05, 3.63) is 59.4 Å². The molecular weight excluding hydrogens is 274 g/mol. The van der Waals surface area contributed by atoms with Crippen molar-refractivity contribution in [1.29, 1.82) is 0 Å². The highest BCUT2D eigenvalue weighted by Gasteiger charge is 2.34. The molecule has 2 rings (SSSR count). The lowest BCUT2D eigenvalue weighted by atomic mass is 10.2. The Morgan fingerprint density at radius 2 is 1.55 bits per heavy atom. The van der Waals surface area contributed by atoms with E-state index in [1.807, 2.05) is 0 Å². The van der Waals surface area contributed by atoms with Crippen molar-refractivity contribution in [3.8, 4) is 11.5 Å². The van der Waals surface area contributed by atoms with Crippen LogP contribution in [0, 0.1) is 5.82 Å². The Morgan fingerprint density at radius 3 is 2.10 bits per heavy atom. The molecule has 0 bridgehead atoms. The Bertz CT molecular complexity index is 593. The first-order valence-corrected chi connectivity index (χ1v) is 5.74. The quantitative estimate of drug-likeness (QED) is 0.862. The van der Waals surface area contributed by atoms with Crippen molar-refractivity contribution < 1.29 is 22.3 Å². The molecule has 0 aliphatic carbocycles. The van der Waals surface area contributed by atoms with Crippen LogP contribution in [-0.2, 0) is 12.7 Å². The fourth-order valence-electron chi connectivity index (χ4n) is 1.61. The summed E-state index contributed by atoms with van der Waals surface area (Å²) in [5.74, 6) is -1.07. The molecule has 0 unspecified atom stereocenters. The smallest absolute Gasteiger partial charge is 0.419 e. The third-order valence-corrected chi connectivity index (χ3v) is 2.64. The summed E-state index contributed by atoms with van der Waals surface area (Å²) >= 11 is 0. The van der Waals surface area contributed by atoms with Crippen LogP contribution < -0.4 is 10.5 Å². The van der Waals surface area contributed by atoms with Crippen LogP contribution in [-0.4, -0.2) is 0 Å². The maximum absolute atomic E-state index is 13.1. The van der Waals surface area contributed by atoms with Gasteiger partial charge in [-0.25, -0.2) is 4.39 Å². The zero-order valence-corrected chi connectivity index (χ0v) is 10.2. The number of ether oxygens (including phenoxy) is 1. The van der Waals surface area contributed by atoms with Gasteiger partial charge in [-0.05, 0) is 35.9 Å². The van der Waals surface area contributed by atoms with Gasteiger partial charge in [0.25, 0.3) is 0 Å². The molecule has 0 atom stereocenters. The van der Waals surface area contributed by atoms with Crippen LogP contribution in [0.4, 0.5) is 17.6 Å². The van der Waals surface area contributed by atoms with E-state index < -0.39 is 17.6 Å². The van der Waals surface area contributed by atoms with E-state index in [-0.39, 0.29) is 5.75 Å². The normalized spacial score (nSPS) is 11.4. The highest BCUT2D eigenvalue weighted by Crippen LogP contribution is 2.34. The van der Waals surface area contributed by atoms with Gasteiger partial charge in [0, 0.05) is 6.54 Å². The molecule has 2 N–H and O–H groups in total. The molecule has 6 heteroatoms.